The highest BCUT2D eigenvalue weighted by Crippen LogP contribution is 2.07. The van der Waals surface area contributed by atoms with Crippen LogP contribution in [-0.2, 0) is 0 Å². The van der Waals surface area contributed by atoms with Gasteiger partial charge in [0.15, 0.2) is 5.96 Å². The standard InChI is InChI=1S/C9H11N3O.2C2H6/c1-6-4-2-3-5-7(6)8(13)12-9(10)11;2*1-2/h2-5H,1H3,(H4,10,11,12,13);2*1-2H3. The number of rotatable bonds is 1. The number of nitrogens with zero attached hydrogens (tertiary/aromatic N) is 1. The number of benzene rings is 1. The van der Waals surface area contributed by atoms with Crippen molar-refractivity contribution in [3.8, 4) is 0 Å². The van der Waals surface area contributed by atoms with Gasteiger partial charge in [-0.05, 0) is 18.6 Å². The first-order valence-electron chi connectivity index (χ1n) is 5.81. The Morgan fingerprint density at radius 3 is 1.94 bits per heavy atom. The van der Waals surface area contributed by atoms with Crippen LogP contribution < -0.4 is 11.5 Å². The Balaban J connectivity index is 0. The Bertz CT molecular complexity index is 355. The average molecular weight is 237 g/mol. The molecule has 0 unspecified atom stereocenters. The number of aliphatic imine (C=N–C) groups is 1. The van der Waals surface area contributed by atoms with Crippen LogP contribution in [-0.4, -0.2) is 11.9 Å². The van der Waals surface area contributed by atoms with Crippen molar-refractivity contribution in [2.24, 2.45) is 16.5 Å². The molecule has 4 nitrogen and oxygen atoms in total. The van der Waals surface area contributed by atoms with Gasteiger partial charge < -0.3 is 11.5 Å². The van der Waals surface area contributed by atoms with Crippen LogP contribution in [0.1, 0.15) is 43.6 Å². The largest absolute Gasteiger partial charge is 0.370 e. The lowest BCUT2D eigenvalue weighted by molar-refractivity contribution is 0.100. The quantitative estimate of drug-likeness (QED) is 0.581. The van der Waals surface area contributed by atoms with E-state index in [0.717, 1.165) is 5.56 Å². The fourth-order valence-corrected chi connectivity index (χ4v) is 0.990. The number of nitrogens with two attached hydrogens (primary N) is 2. The van der Waals surface area contributed by atoms with E-state index in [4.69, 9.17) is 11.5 Å². The molecule has 96 valence electrons. The first-order valence-corrected chi connectivity index (χ1v) is 5.81. The normalized spacial score (nSPS) is 7.82. The SMILES string of the molecule is CC.CC.Cc1ccccc1C(=O)N=C(N)N. The third-order valence-corrected chi connectivity index (χ3v) is 1.61. The van der Waals surface area contributed by atoms with E-state index in [1.54, 1.807) is 12.1 Å². The Morgan fingerprint density at radius 2 is 1.53 bits per heavy atom. The Labute approximate surface area is 104 Å². The molecule has 0 aliphatic heterocycles. The molecule has 0 radical (unpaired) electrons. The highest BCUT2D eigenvalue weighted by atomic mass is 16.1. The van der Waals surface area contributed by atoms with Gasteiger partial charge in [0.1, 0.15) is 0 Å². The van der Waals surface area contributed by atoms with Gasteiger partial charge in [-0.1, -0.05) is 45.9 Å². The molecule has 0 bridgehead atoms. The highest BCUT2D eigenvalue weighted by molar-refractivity contribution is 6.02. The van der Waals surface area contributed by atoms with Gasteiger partial charge in [-0.15, -0.1) is 0 Å². The molecule has 0 saturated heterocycles. The topological polar surface area (TPSA) is 81.5 Å². The van der Waals surface area contributed by atoms with Gasteiger partial charge in [0.25, 0.3) is 5.91 Å². The maximum Gasteiger partial charge on any atom is 0.280 e. The van der Waals surface area contributed by atoms with Crippen LogP contribution in [0.25, 0.3) is 0 Å². The maximum absolute atomic E-state index is 11.3. The van der Waals surface area contributed by atoms with Crippen LogP contribution in [0.5, 0.6) is 0 Å². The van der Waals surface area contributed by atoms with Crippen molar-refractivity contribution < 1.29 is 4.79 Å². The monoisotopic (exact) mass is 237 g/mol. The minimum atomic E-state index is -0.405. The number of amides is 1. The first-order chi connectivity index (χ1) is 8.11. The lowest BCUT2D eigenvalue weighted by Crippen LogP contribution is -2.24. The Morgan fingerprint density at radius 1 is 1.06 bits per heavy atom. The maximum atomic E-state index is 11.3. The van der Waals surface area contributed by atoms with E-state index in [0.29, 0.717) is 5.56 Å². The fraction of sp³-hybridized carbons (Fsp3) is 0.385. The number of guanidine groups is 1. The second kappa shape index (κ2) is 10.7. The lowest BCUT2D eigenvalue weighted by Gasteiger charge is -1.99. The summed E-state index contributed by atoms with van der Waals surface area (Å²) in [6.45, 7) is 9.83. The molecule has 0 aliphatic rings. The summed E-state index contributed by atoms with van der Waals surface area (Å²) in [5.41, 5.74) is 11.6. The van der Waals surface area contributed by atoms with E-state index in [1.807, 2.05) is 46.8 Å². The van der Waals surface area contributed by atoms with E-state index in [2.05, 4.69) is 4.99 Å². The zero-order valence-corrected chi connectivity index (χ0v) is 11.3. The fourth-order valence-electron chi connectivity index (χ4n) is 0.990. The van der Waals surface area contributed by atoms with Crippen molar-refractivity contribution in [1.82, 2.24) is 0 Å². The summed E-state index contributed by atoms with van der Waals surface area (Å²) in [4.78, 5) is 14.8. The second-order valence-electron chi connectivity index (χ2n) is 2.66. The van der Waals surface area contributed by atoms with Crippen LogP contribution in [0.3, 0.4) is 0 Å². The summed E-state index contributed by atoms with van der Waals surface area (Å²) in [7, 11) is 0. The molecule has 0 aromatic heterocycles. The van der Waals surface area contributed by atoms with Gasteiger partial charge in [0.2, 0.25) is 0 Å². The van der Waals surface area contributed by atoms with E-state index in [9.17, 15) is 4.79 Å². The van der Waals surface area contributed by atoms with Crippen molar-refractivity contribution in [3.05, 3.63) is 35.4 Å². The molecule has 1 aromatic carbocycles. The van der Waals surface area contributed by atoms with Crippen molar-refractivity contribution >= 4 is 11.9 Å². The van der Waals surface area contributed by atoms with Gasteiger partial charge in [-0.3, -0.25) is 4.79 Å². The number of aryl methyl sites for hydroxylation is 1. The van der Waals surface area contributed by atoms with E-state index < -0.39 is 5.91 Å². The summed E-state index contributed by atoms with van der Waals surface area (Å²) in [6.07, 6.45) is 0. The molecule has 4 heteroatoms. The van der Waals surface area contributed by atoms with Crippen molar-refractivity contribution in [2.75, 3.05) is 0 Å². The third-order valence-electron chi connectivity index (χ3n) is 1.61. The molecule has 4 N–H and O–H groups in total. The molecule has 1 rings (SSSR count). The average Bonchev–Trinajstić information content (AvgIpc) is 2.34. The molecule has 17 heavy (non-hydrogen) atoms. The molecule has 0 aliphatic carbocycles. The zero-order chi connectivity index (χ0) is 13.8. The zero-order valence-electron chi connectivity index (χ0n) is 11.3. The van der Waals surface area contributed by atoms with Crippen molar-refractivity contribution in [1.29, 1.82) is 0 Å². The van der Waals surface area contributed by atoms with Gasteiger partial charge in [-0.2, -0.15) is 4.99 Å². The summed E-state index contributed by atoms with van der Waals surface area (Å²) in [5.74, 6) is -0.619. The van der Waals surface area contributed by atoms with Gasteiger partial charge in [0, 0.05) is 5.56 Å². The van der Waals surface area contributed by atoms with Crippen LogP contribution in [0, 0.1) is 6.92 Å². The van der Waals surface area contributed by atoms with E-state index in [1.165, 1.54) is 0 Å². The molecular formula is C13H23N3O. The highest BCUT2D eigenvalue weighted by Gasteiger charge is 2.05. The molecule has 0 heterocycles. The summed E-state index contributed by atoms with van der Waals surface area (Å²) in [5, 5.41) is 0. The van der Waals surface area contributed by atoms with Gasteiger partial charge in [-0.25, -0.2) is 0 Å². The molecule has 1 amide bonds. The molecule has 0 fully saturated rings. The minimum absolute atomic E-state index is 0.215. The van der Waals surface area contributed by atoms with Crippen molar-refractivity contribution in [3.63, 3.8) is 0 Å². The summed E-state index contributed by atoms with van der Waals surface area (Å²) in [6, 6.07) is 7.13. The second-order valence-corrected chi connectivity index (χ2v) is 2.66. The van der Waals surface area contributed by atoms with E-state index >= 15 is 0 Å². The summed E-state index contributed by atoms with van der Waals surface area (Å²) < 4.78 is 0. The Kier molecular flexibility index (Phi) is 11.0. The minimum Gasteiger partial charge on any atom is -0.370 e. The van der Waals surface area contributed by atoms with Crippen LogP contribution in [0.2, 0.25) is 0 Å². The Hall–Kier alpha value is -1.84. The first kappa shape index (κ1) is 17.6. The van der Waals surface area contributed by atoms with E-state index in [-0.39, 0.29) is 5.96 Å². The van der Waals surface area contributed by atoms with Gasteiger partial charge >= 0.3 is 0 Å². The molecule has 0 atom stereocenters. The predicted octanol–water partition coefficient (Wildman–Crippen LogP) is 2.46. The predicted molar refractivity (Wildman–Crippen MR) is 74.0 cm³/mol. The number of hydrogen-bond donors (Lipinski definition) is 2. The molecule has 0 spiro atoms. The van der Waals surface area contributed by atoms with Crippen molar-refractivity contribution in [2.45, 2.75) is 34.6 Å². The smallest absolute Gasteiger partial charge is 0.280 e. The number of hydrogen-bond acceptors (Lipinski definition) is 1. The summed E-state index contributed by atoms with van der Waals surface area (Å²) >= 11 is 0. The lowest BCUT2D eigenvalue weighted by atomic mass is 10.1. The molecule has 1 aromatic rings. The van der Waals surface area contributed by atoms with Crippen LogP contribution in [0.15, 0.2) is 29.3 Å². The van der Waals surface area contributed by atoms with Crippen LogP contribution >= 0.6 is 0 Å². The third kappa shape index (κ3) is 7.11. The number of carbonyl (C=O) groups excluding carboxylic acids is 1. The van der Waals surface area contributed by atoms with Crippen LogP contribution in [0.4, 0.5) is 0 Å². The number of carbonyl (C=O) groups is 1. The van der Waals surface area contributed by atoms with Gasteiger partial charge in [0.05, 0.1) is 0 Å². The molecule has 0 saturated carbocycles. The molecular weight excluding hydrogens is 214 g/mol.